The van der Waals surface area contributed by atoms with Gasteiger partial charge in [-0.2, -0.15) is 0 Å². The maximum Gasteiger partial charge on any atom is 0.244 e. The fourth-order valence-electron chi connectivity index (χ4n) is 1.87. The van der Waals surface area contributed by atoms with Gasteiger partial charge in [0.2, 0.25) is 5.91 Å². The van der Waals surface area contributed by atoms with Gasteiger partial charge in [0.25, 0.3) is 0 Å². The molecule has 1 aromatic heterocycles. The summed E-state index contributed by atoms with van der Waals surface area (Å²) in [6.07, 6.45) is 1.58. The normalized spacial score (nSPS) is 15.5. The van der Waals surface area contributed by atoms with Crippen LogP contribution < -0.4 is 11.1 Å². The fraction of sp³-hybridized carbons (Fsp3) is 0.267. The van der Waals surface area contributed by atoms with Crippen LogP contribution in [0.2, 0.25) is 0 Å². The molecule has 0 saturated heterocycles. The van der Waals surface area contributed by atoms with E-state index in [1.54, 1.807) is 19.3 Å². The summed E-state index contributed by atoms with van der Waals surface area (Å²) < 4.78 is 5.26. The molecule has 4 nitrogen and oxygen atoms in total. The molecule has 19 heavy (non-hydrogen) atoms. The highest BCUT2D eigenvalue weighted by Crippen LogP contribution is 2.20. The zero-order chi connectivity index (χ0) is 13.9. The SMILES string of the molecule is CC(NC(=O)C(C)(N)c1ccccc1)c1ccco1. The number of furan rings is 1. The van der Waals surface area contributed by atoms with E-state index in [4.69, 9.17) is 10.2 Å². The van der Waals surface area contributed by atoms with E-state index >= 15 is 0 Å². The quantitative estimate of drug-likeness (QED) is 0.884. The van der Waals surface area contributed by atoms with Gasteiger partial charge in [-0.25, -0.2) is 0 Å². The first kappa shape index (κ1) is 13.4. The molecular weight excluding hydrogens is 240 g/mol. The number of carbonyl (C=O) groups excluding carboxylic acids is 1. The molecule has 4 heteroatoms. The molecule has 0 aliphatic carbocycles. The van der Waals surface area contributed by atoms with Gasteiger partial charge in [0, 0.05) is 0 Å². The monoisotopic (exact) mass is 258 g/mol. The number of amides is 1. The lowest BCUT2D eigenvalue weighted by Gasteiger charge is -2.25. The van der Waals surface area contributed by atoms with Gasteiger partial charge in [0.1, 0.15) is 11.3 Å². The Morgan fingerprint density at radius 1 is 1.26 bits per heavy atom. The zero-order valence-electron chi connectivity index (χ0n) is 11.1. The molecule has 0 aliphatic heterocycles. The predicted octanol–water partition coefficient (Wildman–Crippen LogP) is 2.33. The van der Waals surface area contributed by atoms with Crippen LogP contribution >= 0.6 is 0 Å². The average Bonchev–Trinajstić information content (AvgIpc) is 2.93. The first-order valence-electron chi connectivity index (χ1n) is 6.20. The Morgan fingerprint density at radius 3 is 2.53 bits per heavy atom. The molecule has 0 aliphatic rings. The lowest BCUT2D eigenvalue weighted by molar-refractivity contribution is -0.126. The van der Waals surface area contributed by atoms with Gasteiger partial charge in [-0.15, -0.1) is 0 Å². The summed E-state index contributed by atoms with van der Waals surface area (Å²) >= 11 is 0. The van der Waals surface area contributed by atoms with Gasteiger partial charge in [0.15, 0.2) is 0 Å². The predicted molar refractivity (Wildman–Crippen MR) is 73.2 cm³/mol. The van der Waals surface area contributed by atoms with Crippen molar-refractivity contribution < 1.29 is 9.21 Å². The minimum absolute atomic E-state index is 0.214. The van der Waals surface area contributed by atoms with Crippen LogP contribution in [0.15, 0.2) is 53.1 Å². The Bertz CT molecular complexity index is 533. The summed E-state index contributed by atoms with van der Waals surface area (Å²) in [6, 6.07) is 12.7. The Morgan fingerprint density at radius 2 is 1.95 bits per heavy atom. The second-order valence-corrected chi connectivity index (χ2v) is 4.78. The lowest BCUT2D eigenvalue weighted by Crippen LogP contribution is -2.49. The van der Waals surface area contributed by atoms with Crippen LogP contribution in [0.1, 0.15) is 31.2 Å². The summed E-state index contributed by atoms with van der Waals surface area (Å²) in [6.45, 7) is 3.56. The maximum absolute atomic E-state index is 12.3. The van der Waals surface area contributed by atoms with Crippen molar-refractivity contribution in [2.75, 3.05) is 0 Å². The van der Waals surface area contributed by atoms with Gasteiger partial charge in [-0.3, -0.25) is 4.79 Å². The third-order valence-corrected chi connectivity index (χ3v) is 3.16. The van der Waals surface area contributed by atoms with E-state index in [0.717, 1.165) is 5.56 Å². The molecule has 0 saturated carbocycles. The van der Waals surface area contributed by atoms with Crippen molar-refractivity contribution in [3.8, 4) is 0 Å². The molecule has 3 N–H and O–H groups in total. The maximum atomic E-state index is 12.3. The third-order valence-electron chi connectivity index (χ3n) is 3.16. The number of hydrogen-bond donors (Lipinski definition) is 2. The second-order valence-electron chi connectivity index (χ2n) is 4.78. The fourth-order valence-corrected chi connectivity index (χ4v) is 1.87. The number of nitrogens with two attached hydrogens (primary N) is 1. The Hall–Kier alpha value is -2.07. The average molecular weight is 258 g/mol. The molecule has 1 aromatic carbocycles. The molecule has 0 bridgehead atoms. The summed E-state index contributed by atoms with van der Waals surface area (Å²) in [5, 5.41) is 2.86. The lowest BCUT2D eigenvalue weighted by atomic mass is 9.92. The standard InChI is InChI=1S/C15H18N2O2/c1-11(13-9-6-10-19-13)17-14(18)15(2,16)12-7-4-3-5-8-12/h3-11H,16H2,1-2H3,(H,17,18). The van der Waals surface area contributed by atoms with Crippen molar-refractivity contribution in [3.05, 3.63) is 60.1 Å². The van der Waals surface area contributed by atoms with Crippen molar-refractivity contribution in [1.29, 1.82) is 0 Å². The summed E-state index contributed by atoms with van der Waals surface area (Å²) in [4.78, 5) is 12.3. The van der Waals surface area contributed by atoms with E-state index in [9.17, 15) is 4.79 Å². The van der Waals surface area contributed by atoms with E-state index in [2.05, 4.69) is 5.32 Å². The Balaban J connectivity index is 2.11. The largest absolute Gasteiger partial charge is 0.467 e. The smallest absolute Gasteiger partial charge is 0.244 e. The van der Waals surface area contributed by atoms with E-state index < -0.39 is 5.54 Å². The van der Waals surface area contributed by atoms with Crippen molar-refractivity contribution in [2.24, 2.45) is 5.73 Å². The van der Waals surface area contributed by atoms with Crippen molar-refractivity contribution >= 4 is 5.91 Å². The summed E-state index contributed by atoms with van der Waals surface area (Å²) in [5.41, 5.74) is 5.85. The number of rotatable bonds is 4. The second kappa shape index (κ2) is 5.28. The number of benzene rings is 1. The van der Waals surface area contributed by atoms with E-state index in [1.807, 2.05) is 43.3 Å². The topological polar surface area (TPSA) is 68.3 Å². The number of nitrogens with one attached hydrogen (secondary N) is 1. The van der Waals surface area contributed by atoms with Crippen LogP contribution in [-0.4, -0.2) is 5.91 Å². The highest BCUT2D eigenvalue weighted by molar-refractivity contribution is 5.87. The minimum Gasteiger partial charge on any atom is -0.467 e. The van der Waals surface area contributed by atoms with Gasteiger partial charge < -0.3 is 15.5 Å². The third kappa shape index (κ3) is 2.85. The highest BCUT2D eigenvalue weighted by Gasteiger charge is 2.31. The van der Waals surface area contributed by atoms with Crippen LogP contribution in [0, 0.1) is 0 Å². The molecule has 100 valence electrons. The van der Waals surface area contributed by atoms with Crippen LogP contribution in [0.4, 0.5) is 0 Å². The van der Waals surface area contributed by atoms with Gasteiger partial charge in [0.05, 0.1) is 12.3 Å². The number of hydrogen-bond acceptors (Lipinski definition) is 3. The molecule has 1 heterocycles. The van der Waals surface area contributed by atoms with Crippen molar-refractivity contribution in [3.63, 3.8) is 0 Å². The van der Waals surface area contributed by atoms with E-state index in [1.165, 1.54) is 0 Å². The van der Waals surface area contributed by atoms with Gasteiger partial charge >= 0.3 is 0 Å². The van der Waals surface area contributed by atoms with Gasteiger partial charge in [-0.05, 0) is 31.5 Å². The molecule has 2 aromatic rings. The van der Waals surface area contributed by atoms with Gasteiger partial charge in [-0.1, -0.05) is 30.3 Å². The minimum atomic E-state index is -1.07. The first-order chi connectivity index (χ1) is 9.01. The number of carbonyl (C=O) groups is 1. The molecule has 0 spiro atoms. The van der Waals surface area contributed by atoms with E-state index in [-0.39, 0.29) is 11.9 Å². The first-order valence-corrected chi connectivity index (χ1v) is 6.20. The molecule has 1 amide bonds. The van der Waals surface area contributed by atoms with E-state index in [0.29, 0.717) is 5.76 Å². The summed E-state index contributed by atoms with van der Waals surface area (Å²) in [5.74, 6) is 0.472. The molecule has 2 unspecified atom stereocenters. The van der Waals surface area contributed by atoms with Crippen LogP contribution in [0.3, 0.4) is 0 Å². The molecule has 0 radical (unpaired) electrons. The van der Waals surface area contributed by atoms with Crippen molar-refractivity contribution in [2.45, 2.75) is 25.4 Å². The zero-order valence-corrected chi connectivity index (χ0v) is 11.1. The molecule has 0 fully saturated rings. The Kier molecular flexibility index (Phi) is 3.71. The van der Waals surface area contributed by atoms with Crippen molar-refractivity contribution in [1.82, 2.24) is 5.32 Å². The Labute approximate surface area is 112 Å². The molecule has 2 rings (SSSR count). The molecule has 2 atom stereocenters. The molecular formula is C15H18N2O2. The highest BCUT2D eigenvalue weighted by atomic mass is 16.3. The van der Waals surface area contributed by atoms with Crippen LogP contribution in [-0.2, 0) is 10.3 Å². The van der Waals surface area contributed by atoms with Crippen LogP contribution in [0.5, 0.6) is 0 Å². The van der Waals surface area contributed by atoms with Crippen LogP contribution in [0.25, 0.3) is 0 Å². The summed E-state index contributed by atoms with van der Waals surface area (Å²) in [7, 11) is 0.